The van der Waals surface area contributed by atoms with Gasteiger partial charge in [-0.15, -0.1) is 0 Å². The normalized spacial score (nSPS) is 13.4. The maximum atomic E-state index is 2.32. The van der Waals surface area contributed by atoms with Crippen LogP contribution in [0.4, 0.5) is 0 Å². The van der Waals surface area contributed by atoms with E-state index in [9.17, 15) is 0 Å². The van der Waals surface area contributed by atoms with Crippen LogP contribution in [0.5, 0.6) is 0 Å². The third-order valence-electron chi connectivity index (χ3n) is 9.25. The van der Waals surface area contributed by atoms with Crippen LogP contribution in [-0.2, 0) is 0 Å². The van der Waals surface area contributed by atoms with Crippen LogP contribution in [0.25, 0.3) is 60.7 Å². The molecule has 0 N–H and O–H groups in total. The predicted octanol–water partition coefficient (Wildman–Crippen LogP) is 10.6. The number of allylic oxidation sites excluding steroid dienone is 1. The second-order valence-electron chi connectivity index (χ2n) is 11.8. The van der Waals surface area contributed by atoms with Crippen LogP contribution in [0.1, 0.15) is 37.5 Å². The lowest BCUT2D eigenvalue weighted by atomic mass is 9.84. The minimum Gasteiger partial charge on any atom is -0.0620 e. The van der Waals surface area contributed by atoms with Crippen molar-refractivity contribution in [2.24, 2.45) is 0 Å². The van der Waals surface area contributed by atoms with Gasteiger partial charge in [-0.1, -0.05) is 146 Å². The van der Waals surface area contributed by atoms with E-state index in [1.165, 1.54) is 87.3 Å². The Kier molecular flexibility index (Phi) is 7.20. The maximum Gasteiger partial charge on any atom is -0.00201 e. The number of hydrogen-bond donors (Lipinski definition) is 0. The summed E-state index contributed by atoms with van der Waals surface area (Å²) >= 11 is 0. The first kappa shape index (κ1) is 27.6. The Morgan fingerprint density at radius 1 is 0.477 bits per heavy atom. The number of rotatable bonds is 4. The van der Waals surface area contributed by atoms with Gasteiger partial charge in [0.05, 0.1) is 0 Å². The molecule has 0 aliphatic carbocycles. The van der Waals surface area contributed by atoms with Crippen LogP contribution in [0.15, 0.2) is 145 Å². The Labute approximate surface area is 259 Å². The summed E-state index contributed by atoms with van der Waals surface area (Å²) < 4.78 is 0. The molecule has 7 rings (SSSR count). The average Bonchev–Trinajstić information content (AvgIpc) is 3.07. The molecule has 0 spiro atoms. The van der Waals surface area contributed by atoms with Crippen LogP contribution in [0.3, 0.4) is 0 Å². The first-order valence-electron chi connectivity index (χ1n) is 15.5. The molecule has 0 unspecified atom stereocenters. The Morgan fingerprint density at radius 3 is 1.68 bits per heavy atom. The van der Waals surface area contributed by atoms with E-state index in [4.69, 9.17) is 0 Å². The Hall–Kier alpha value is -5.20. The van der Waals surface area contributed by atoms with Crippen molar-refractivity contribution >= 4 is 49.5 Å². The highest BCUT2D eigenvalue weighted by atomic mass is 14.2. The highest BCUT2D eigenvalue weighted by molar-refractivity contribution is 6.21. The van der Waals surface area contributed by atoms with E-state index < -0.39 is 0 Å². The lowest BCUT2D eigenvalue weighted by molar-refractivity contribution is 1.38. The van der Waals surface area contributed by atoms with Crippen molar-refractivity contribution in [2.75, 3.05) is 0 Å². The van der Waals surface area contributed by atoms with Crippen molar-refractivity contribution in [2.45, 2.75) is 27.7 Å². The third-order valence-corrected chi connectivity index (χ3v) is 9.25. The van der Waals surface area contributed by atoms with Gasteiger partial charge in [0.1, 0.15) is 0 Å². The van der Waals surface area contributed by atoms with Gasteiger partial charge in [0, 0.05) is 0 Å². The molecule has 0 aromatic heterocycles. The molecule has 0 heterocycles. The zero-order valence-corrected chi connectivity index (χ0v) is 25.9. The van der Waals surface area contributed by atoms with Gasteiger partial charge in [0.2, 0.25) is 0 Å². The standard InChI is InChI=1S/C44H36/c1-29-16-5-6-18-34(29)28-30(2)31(3)35-20-9-10-21-36(35)32(4)43-39-23-11-13-25-41(39)44(42-26-14-12-24-40(42)43)38-27-15-19-33-17-7-8-22-37(33)38/h5-28H,1-4H3/b30-28+,35-31+,36-32+. The van der Waals surface area contributed by atoms with E-state index in [0.717, 1.165) is 0 Å². The van der Waals surface area contributed by atoms with Crippen molar-refractivity contribution in [1.29, 1.82) is 0 Å². The van der Waals surface area contributed by atoms with Gasteiger partial charge in [-0.2, -0.15) is 0 Å². The smallest absolute Gasteiger partial charge is 0.00201 e. The molecule has 44 heavy (non-hydrogen) atoms. The minimum atomic E-state index is 1.26. The first-order chi connectivity index (χ1) is 21.5. The molecule has 0 bridgehead atoms. The largest absolute Gasteiger partial charge is 0.0620 e. The van der Waals surface area contributed by atoms with E-state index in [0.29, 0.717) is 0 Å². The number of aryl methyl sites for hydroxylation is 1. The highest BCUT2D eigenvalue weighted by Gasteiger charge is 2.18. The molecular formula is C44H36. The van der Waals surface area contributed by atoms with Gasteiger partial charge in [0.15, 0.2) is 0 Å². The fourth-order valence-electron chi connectivity index (χ4n) is 6.84. The molecular weight excluding hydrogens is 528 g/mol. The van der Waals surface area contributed by atoms with Crippen molar-refractivity contribution in [3.05, 3.63) is 172 Å². The van der Waals surface area contributed by atoms with Crippen molar-refractivity contribution in [3.63, 3.8) is 0 Å². The first-order valence-corrected chi connectivity index (χ1v) is 15.5. The van der Waals surface area contributed by atoms with E-state index >= 15 is 0 Å². The molecule has 0 nitrogen and oxygen atoms in total. The molecule has 0 aliphatic rings. The van der Waals surface area contributed by atoms with Crippen LogP contribution >= 0.6 is 0 Å². The second kappa shape index (κ2) is 11.5. The van der Waals surface area contributed by atoms with Gasteiger partial charge >= 0.3 is 0 Å². The summed E-state index contributed by atoms with van der Waals surface area (Å²) in [5.41, 5.74) is 10.3. The quantitative estimate of drug-likeness (QED) is 0.187. The maximum absolute atomic E-state index is 2.32. The van der Waals surface area contributed by atoms with Crippen LogP contribution in [-0.4, -0.2) is 0 Å². The topological polar surface area (TPSA) is 0 Å². The molecule has 7 aromatic carbocycles. The Bertz CT molecular complexity index is 2300. The number of benzene rings is 7. The average molecular weight is 565 g/mol. The Balaban J connectivity index is 1.58. The summed E-state index contributed by atoms with van der Waals surface area (Å²) in [6.07, 6.45) is 2.32. The molecule has 212 valence electrons. The van der Waals surface area contributed by atoms with Gasteiger partial charge in [-0.3, -0.25) is 0 Å². The summed E-state index contributed by atoms with van der Waals surface area (Å²) in [5.74, 6) is 0. The zero-order chi connectivity index (χ0) is 30.2. The summed E-state index contributed by atoms with van der Waals surface area (Å²) in [5, 5.41) is 10.2. The third kappa shape index (κ3) is 4.74. The number of fused-ring (bicyclic) bond motifs is 3. The molecule has 0 atom stereocenters. The molecule has 0 amide bonds. The summed E-state index contributed by atoms with van der Waals surface area (Å²) in [4.78, 5) is 0. The monoisotopic (exact) mass is 564 g/mol. The summed E-state index contributed by atoms with van der Waals surface area (Å²) in [6.45, 7) is 8.98. The highest BCUT2D eigenvalue weighted by Crippen LogP contribution is 2.43. The van der Waals surface area contributed by atoms with E-state index in [-0.39, 0.29) is 0 Å². The lowest BCUT2D eigenvalue weighted by Crippen LogP contribution is -2.28. The predicted molar refractivity (Wildman–Crippen MR) is 192 cm³/mol. The molecule has 0 saturated heterocycles. The SMILES string of the molecule is CC(=C\c1ccccc1C)/C(C)=c1\cccc\c1=C(\C)c1c2ccccc2c(-c2cccc3ccccc23)c2ccccc12. The van der Waals surface area contributed by atoms with Crippen molar-refractivity contribution < 1.29 is 0 Å². The summed E-state index contributed by atoms with van der Waals surface area (Å²) in [7, 11) is 0. The van der Waals surface area contributed by atoms with E-state index in [2.05, 4.69) is 173 Å². The van der Waals surface area contributed by atoms with Crippen molar-refractivity contribution in [1.82, 2.24) is 0 Å². The van der Waals surface area contributed by atoms with E-state index in [1.54, 1.807) is 0 Å². The van der Waals surface area contributed by atoms with Gasteiger partial charge < -0.3 is 0 Å². The fraction of sp³-hybridized carbons (Fsp3) is 0.0909. The fourth-order valence-corrected chi connectivity index (χ4v) is 6.84. The van der Waals surface area contributed by atoms with E-state index in [1.807, 2.05) is 0 Å². The van der Waals surface area contributed by atoms with Crippen LogP contribution in [0.2, 0.25) is 0 Å². The molecule has 0 radical (unpaired) electrons. The lowest BCUT2D eigenvalue weighted by Gasteiger charge is -2.19. The minimum absolute atomic E-state index is 1.26. The van der Waals surface area contributed by atoms with Crippen LogP contribution in [0, 0.1) is 6.92 Å². The molecule has 0 fully saturated rings. The molecule has 7 aromatic rings. The summed E-state index contributed by atoms with van der Waals surface area (Å²) in [6, 6.07) is 50.8. The number of hydrogen-bond acceptors (Lipinski definition) is 0. The molecule has 0 heteroatoms. The van der Waals surface area contributed by atoms with Crippen LogP contribution < -0.4 is 10.4 Å². The molecule has 0 aliphatic heterocycles. The van der Waals surface area contributed by atoms with Gasteiger partial charge in [-0.25, -0.2) is 0 Å². The van der Waals surface area contributed by atoms with Crippen molar-refractivity contribution in [3.8, 4) is 11.1 Å². The Morgan fingerprint density at radius 2 is 1.00 bits per heavy atom. The van der Waals surface area contributed by atoms with Gasteiger partial charge in [-0.05, 0) is 115 Å². The van der Waals surface area contributed by atoms with Gasteiger partial charge in [0.25, 0.3) is 0 Å². The second-order valence-corrected chi connectivity index (χ2v) is 11.8. The zero-order valence-electron chi connectivity index (χ0n) is 25.9. The molecule has 0 saturated carbocycles.